The van der Waals surface area contributed by atoms with Gasteiger partial charge in [0, 0.05) is 38.4 Å². The first kappa shape index (κ1) is 24.9. The molecule has 0 fully saturated rings. The van der Waals surface area contributed by atoms with Crippen LogP contribution in [0.4, 0.5) is 0 Å². The molecule has 1 heterocycles. The van der Waals surface area contributed by atoms with E-state index < -0.39 is 0 Å². The summed E-state index contributed by atoms with van der Waals surface area (Å²) in [6.07, 6.45) is 7.02. The molecule has 0 bridgehead atoms. The summed E-state index contributed by atoms with van der Waals surface area (Å²) in [6, 6.07) is 5.42. The van der Waals surface area contributed by atoms with Gasteiger partial charge in [0.2, 0.25) is 0 Å². The van der Waals surface area contributed by atoms with Gasteiger partial charge in [-0.25, -0.2) is 0 Å². The third kappa shape index (κ3) is 9.59. The Hall–Kier alpha value is -1.05. The highest BCUT2D eigenvalue weighted by atomic mass is 127. The van der Waals surface area contributed by atoms with E-state index in [1.807, 2.05) is 30.7 Å². The van der Waals surface area contributed by atoms with Gasteiger partial charge in [-0.3, -0.25) is 9.79 Å². The van der Waals surface area contributed by atoms with Crippen molar-refractivity contribution in [2.45, 2.75) is 65.8 Å². The van der Waals surface area contributed by atoms with E-state index in [9.17, 15) is 4.79 Å². The van der Waals surface area contributed by atoms with Crippen molar-refractivity contribution < 1.29 is 0 Å². The van der Waals surface area contributed by atoms with Gasteiger partial charge < -0.3 is 15.2 Å². The summed E-state index contributed by atoms with van der Waals surface area (Å²) < 4.78 is 1.84. The van der Waals surface area contributed by atoms with Gasteiger partial charge in [0.05, 0.1) is 0 Å². The Morgan fingerprint density at radius 2 is 1.96 bits per heavy atom. The van der Waals surface area contributed by atoms with Crippen LogP contribution < -0.4 is 16.2 Å². The Morgan fingerprint density at radius 3 is 2.58 bits per heavy atom. The quantitative estimate of drug-likeness (QED) is 0.220. The first-order valence-electron chi connectivity index (χ1n) is 9.73. The zero-order valence-electron chi connectivity index (χ0n) is 16.9. The maximum absolute atomic E-state index is 11.8. The summed E-state index contributed by atoms with van der Waals surface area (Å²) >= 11 is 0. The lowest BCUT2D eigenvalue weighted by atomic mass is 9.99. The normalized spacial score (nSPS) is 12.4. The number of aryl methyl sites for hydroxylation is 1. The fraction of sp³-hybridized carbons (Fsp3) is 0.700. The molecule has 1 atom stereocenters. The molecule has 1 rings (SSSR count). The van der Waals surface area contributed by atoms with Crippen LogP contribution in [0.2, 0.25) is 0 Å². The van der Waals surface area contributed by atoms with Gasteiger partial charge in [0.15, 0.2) is 5.96 Å². The van der Waals surface area contributed by atoms with E-state index in [1.54, 1.807) is 6.07 Å². The van der Waals surface area contributed by atoms with Crippen LogP contribution in [0, 0.1) is 12.8 Å². The van der Waals surface area contributed by atoms with Crippen molar-refractivity contribution in [3.8, 4) is 0 Å². The van der Waals surface area contributed by atoms with Crippen LogP contribution >= 0.6 is 24.0 Å². The van der Waals surface area contributed by atoms with E-state index in [0.717, 1.165) is 44.1 Å². The van der Waals surface area contributed by atoms with Crippen LogP contribution in [-0.2, 0) is 6.54 Å². The van der Waals surface area contributed by atoms with Crippen LogP contribution in [-0.4, -0.2) is 30.7 Å². The van der Waals surface area contributed by atoms with E-state index in [4.69, 9.17) is 0 Å². The van der Waals surface area contributed by atoms with Crippen molar-refractivity contribution in [2.24, 2.45) is 10.9 Å². The number of hydrogen-bond donors (Lipinski definition) is 2. The van der Waals surface area contributed by atoms with Crippen LogP contribution in [0.25, 0.3) is 0 Å². The number of nitrogens with zero attached hydrogens (tertiary/aromatic N) is 2. The molecular weight excluding hydrogens is 439 g/mol. The number of unbranched alkanes of at least 4 members (excludes halogenated alkanes) is 2. The SMILES string of the molecule is CCCCC(CC)CNC(=NC)NCCCCn1c(C)cccc1=O.I. The molecule has 2 N–H and O–H groups in total. The predicted molar refractivity (Wildman–Crippen MR) is 123 cm³/mol. The topological polar surface area (TPSA) is 58.4 Å². The van der Waals surface area contributed by atoms with Crippen LogP contribution in [0.5, 0.6) is 0 Å². The highest BCUT2D eigenvalue weighted by Gasteiger charge is 2.07. The molecule has 150 valence electrons. The summed E-state index contributed by atoms with van der Waals surface area (Å²) in [6.45, 7) is 9.10. The first-order valence-corrected chi connectivity index (χ1v) is 9.73. The minimum atomic E-state index is 0. The summed E-state index contributed by atoms with van der Waals surface area (Å²) in [4.78, 5) is 16.1. The van der Waals surface area contributed by atoms with Gasteiger partial charge in [0.1, 0.15) is 0 Å². The largest absolute Gasteiger partial charge is 0.356 e. The zero-order chi connectivity index (χ0) is 18.5. The molecule has 0 radical (unpaired) electrons. The number of guanidine groups is 1. The van der Waals surface area contributed by atoms with Gasteiger partial charge in [-0.2, -0.15) is 0 Å². The molecule has 0 aliphatic carbocycles. The number of aliphatic imine (C=N–C) groups is 1. The lowest BCUT2D eigenvalue weighted by Gasteiger charge is -2.18. The summed E-state index contributed by atoms with van der Waals surface area (Å²) in [5, 5.41) is 6.81. The van der Waals surface area contributed by atoms with Crippen LogP contribution in [0.3, 0.4) is 0 Å². The second-order valence-corrected chi connectivity index (χ2v) is 6.66. The van der Waals surface area contributed by atoms with Gasteiger partial charge >= 0.3 is 0 Å². The molecule has 0 amide bonds. The maximum atomic E-state index is 11.8. The number of pyridine rings is 1. The van der Waals surface area contributed by atoms with Crippen molar-refractivity contribution in [1.29, 1.82) is 0 Å². The van der Waals surface area contributed by atoms with Crippen molar-refractivity contribution in [3.05, 3.63) is 34.2 Å². The molecule has 1 aromatic rings. The average molecular weight is 476 g/mol. The molecule has 0 aromatic carbocycles. The molecule has 5 nitrogen and oxygen atoms in total. The number of aromatic nitrogens is 1. The number of hydrogen-bond acceptors (Lipinski definition) is 2. The molecule has 0 aliphatic rings. The number of halogens is 1. The Balaban J connectivity index is 0.00000625. The van der Waals surface area contributed by atoms with Crippen molar-refractivity contribution in [2.75, 3.05) is 20.1 Å². The smallest absolute Gasteiger partial charge is 0.250 e. The van der Waals surface area contributed by atoms with Crippen molar-refractivity contribution in [3.63, 3.8) is 0 Å². The second kappa shape index (κ2) is 15.1. The van der Waals surface area contributed by atoms with E-state index in [-0.39, 0.29) is 29.5 Å². The fourth-order valence-electron chi connectivity index (χ4n) is 2.92. The van der Waals surface area contributed by atoms with Crippen molar-refractivity contribution in [1.82, 2.24) is 15.2 Å². The third-order valence-electron chi connectivity index (χ3n) is 4.69. The van der Waals surface area contributed by atoms with E-state index in [2.05, 4.69) is 29.5 Å². The highest BCUT2D eigenvalue weighted by Crippen LogP contribution is 2.11. The Morgan fingerprint density at radius 1 is 1.19 bits per heavy atom. The minimum absolute atomic E-state index is 0. The molecule has 0 spiro atoms. The zero-order valence-corrected chi connectivity index (χ0v) is 19.2. The lowest BCUT2D eigenvalue weighted by Crippen LogP contribution is -2.40. The molecule has 0 saturated heterocycles. The molecule has 1 unspecified atom stereocenters. The standard InChI is InChI=1S/C20H36N4O.HI/c1-5-7-12-18(6-2)16-23-20(21-4)22-14-8-9-15-24-17(3)11-10-13-19(24)25;/h10-11,13,18H,5-9,12,14-16H2,1-4H3,(H2,21,22,23);1H. The highest BCUT2D eigenvalue weighted by molar-refractivity contribution is 14.0. The number of rotatable bonds is 11. The monoisotopic (exact) mass is 476 g/mol. The second-order valence-electron chi connectivity index (χ2n) is 6.66. The summed E-state index contributed by atoms with van der Waals surface area (Å²) in [5.74, 6) is 1.59. The summed E-state index contributed by atoms with van der Waals surface area (Å²) in [7, 11) is 1.81. The van der Waals surface area contributed by atoms with E-state index >= 15 is 0 Å². The first-order chi connectivity index (χ1) is 12.1. The van der Waals surface area contributed by atoms with Gasteiger partial charge in [0.25, 0.3) is 5.56 Å². The average Bonchev–Trinajstić information content (AvgIpc) is 2.61. The molecular formula is C20H37IN4O. The number of nitrogens with one attached hydrogen (secondary N) is 2. The lowest BCUT2D eigenvalue weighted by molar-refractivity contribution is 0.443. The molecule has 26 heavy (non-hydrogen) atoms. The third-order valence-corrected chi connectivity index (χ3v) is 4.69. The van der Waals surface area contributed by atoms with Gasteiger partial charge in [-0.15, -0.1) is 24.0 Å². The summed E-state index contributed by atoms with van der Waals surface area (Å²) in [5.41, 5.74) is 1.11. The van der Waals surface area contributed by atoms with Crippen molar-refractivity contribution >= 4 is 29.9 Å². The molecule has 1 aromatic heterocycles. The Bertz CT molecular complexity index is 571. The predicted octanol–water partition coefficient (Wildman–Crippen LogP) is 3.94. The Labute approximate surface area is 176 Å². The molecule has 0 saturated carbocycles. The fourth-order valence-corrected chi connectivity index (χ4v) is 2.92. The van der Waals surface area contributed by atoms with Crippen LogP contribution in [0.1, 0.15) is 58.1 Å². The van der Waals surface area contributed by atoms with Crippen LogP contribution in [0.15, 0.2) is 28.0 Å². The van der Waals surface area contributed by atoms with E-state index in [1.165, 1.54) is 25.7 Å². The maximum Gasteiger partial charge on any atom is 0.250 e. The minimum Gasteiger partial charge on any atom is -0.356 e. The van der Waals surface area contributed by atoms with E-state index in [0.29, 0.717) is 5.92 Å². The van der Waals surface area contributed by atoms with Gasteiger partial charge in [-0.1, -0.05) is 39.2 Å². The van der Waals surface area contributed by atoms with Gasteiger partial charge in [-0.05, 0) is 38.2 Å². The molecule has 6 heteroatoms. The molecule has 0 aliphatic heterocycles. The Kier molecular flexibility index (Phi) is 14.4.